The van der Waals surface area contributed by atoms with Gasteiger partial charge in [-0.25, -0.2) is 0 Å². The first-order chi connectivity index (χ1) is 8.54. The van der Waals surface area contributed by atoms with E-state index >= 15 is 0 Å². The van der Waals surface area contributed by atoms with E-state index in [1.165, 1.54) is 18.4 Å². The summed E-state index contributed by atoms with van der Waals surface area (Å²) in [6, 6.07) is 8.42. The van der Waals surface area contributed by atoms with Gasteiger partial charge in [-0.05, 0) is 36.0 Å². The molecule has 1 aromatic carbocycles. The second-order valence-corrected chi connectivity index (χ2v) is 6.11. The van der Waals surface area contributed by atoms with Gasteiger partial charge in [0.15, 0.2) is 0 Å². The molecule has 0 aliphatic carbocycles. The lowest BCUT2D eigenvalue weighted by Gasteiger charge is -2.19. The Morgan fingerprint density at radius 1 is 1.06 bits per heavy atom. The molecular formula is C16H25ClO. The highest BCUT2D eigenvalue weighted by Crippen LogP contribution is 2.25. The predicted molar refractivity (Wildman–Crippen MR) is 79.8 cm³/mol. The van der Waals surface area contributed by atoms with Crippen molar-refractivity contribution in [3.63, 3.8) is 0 Å². The third-order valence-electron chi connectivity index (χ3n) is 3.00. The van der Waals surface area contributed by atoms with E-state index < -0.39 is 0 Å². The Balaban J connectivity index is 2.34. The number of ether oxygens (including phenoxy) is 1. The maximum atomic E-state index is 5.79. The molecule has 0 aliphatic heterocycles. The molecule has 0 bridgehead atoms. The van der Waals surface area contributed by atoms with E-state index in [0.29, 0.717) is 0 Å². The Morgan fingerprint density at radius 2 is 1.78 bits per heavy atom. The van der Waals surface area contributed by atoms with Crippen molar-refractivity contribution in [3.8, 4) is 5.75 Å². The lowest BCUT2D eigenvalue weighted by molar-refractivity contribution is 0.304. The number of halogens is 1. The number of hydrogen-bond donors (Lipinski definition) is 0. The second-order valence-electron chi connectivity index (χ2n) is 5.73. The Hall–Kier alpha value is -0.690. The number of benzene rings is 1. The zero-order valence-electron chi connectivity index (χ0n) is 11.8. The van der Waals surface area contributed by atoms with E-state index in [4.69, 9.17) is 16.3 Å². The van der Waals surface area contributed by atoms with Crippen molar-refractivity contribution < 1.29 is 4.74 Å². The maximum Gasteiger partial charge on any atom is 0.119 e. The smallest absolute Gasteiger partial charge is 0.119 e. The van der Waals surface area contributed by atoms with Gasteiger partial charge in [0.25, 0.3) is 0 Å². The average Bonchev–Trinajstić information content (AvgIpc) is 2.33. The number of alkyl halides is 1. The predicted octanol–water partition coefficient (Wildman–Crippen LogP) is 5.16. The minimum atomic E-state index is 0.180. The van der Waals surface area contributed by atoms with Gasteiger partial charge >= 0.3 is 0 Å². The minimum absolute atomic E-state index is 0.180. The molecule has 0 aromatic heterocycles. The fraction of sp³-hybridized carbons (Fsp3) is 0.625. The van der Waals surface area contributed by atoms with Crippen LogP contribution in [0.25, 0.3) is 0 Å². The number of hydrogen-bond acceptors (Lipinski definition) is 1. The summed E-state index contributed by atoms with van der Waals surface area (Å²) in [4.78, 5) is 0. The van der Waals surface area contributed by atoms with E-state index in [2.05, 4.69) is 39.0 Å². The standard InChI is InChI=1S/C16H25ClO/c1-16(2,3)14-9-8-10-15(13-14)18-12-7-5-4-6-11-17/h8-10,13H,4-7,11-12H2,1-3H3. The number of unbranched alkanes of at least 4 members (excludes halogenated alkanes) is 3. The average molecular weight is 269 g/mol. The zero-order valence-corrected chi connectivity index (χ0v) is 12.6. The van der Waals surface area contributed by atoms with Gasteiger partial charge in [-0.15, -0.1) is 11.6 Å². The van der Waals surface area contributed by atoms with Gasteiger partial charge in [-0.1, -0.05) is 45.7 Å². The molecule has 0 atom stereocenters. The molecule has 0 radical (unpaired) electrons. The summed E-state index contributed by atoms with van der Waals surface area (Å²) in [7, 11) is 0. The molecule has 0 amide bonds. The molecule has 1 rings (SSSR count). The van der Waals surface area contributed by atoms with Gasteiger partial charge in [0, 0.05) is 5.88 Å². The molecule has 0 saturated heterocycles. The van der Waals surface area contributed by atoms with Crippen LogP contribution in [0, 0.1) is 0 Å². The van der Waals surface area contributed by atoms with Crippen LogP contribution in [0.2, 0.25) is 0 Å². The van der Waals surface area contributed by atoms with Crippen LogP contribution in [-0.4, -0.2) is 12.5 Å². The lowest BCUT2D eigenvalue weighted by Crippen LogP contribution is -2.11. The van der Waals surface area contributed by atoms with Crippen molar-refractivity contribution in [1.29, 1.82) is 0 Å². The van der Waals surface area contributed by atoms with Crippen LogP contribution in [0.15, 0.2) is 24.3 Å². The first-order valence-electron chi connectivity index (χ1n) is 6.83. The van der Waals surface area contributed by atoms with Crippen LogP contribution in [0.5, 0.6) is 5.75 Å². The summed E-state index contributed by atoms with van der Waals surface area (Å²) in [5, 5.41) is 0. The molecular weight excluding hydrogens is 244 g/mol. The molecule has 0 aliphatic rings. The van der Waals surface area contributed by atoms with Crippen molar-refractivity contribution in [1.82, 2.24) is 0 Å². The molecule has 0 unspecified atom stereocenters. The fourth-order valence-corrected chi connectivity index (χ4v) is 1.98. The van der Waals surface area contributed by atoms with Crippen LogP contribution in [0.1, 0.15) is 52.0 Å². The summed E-state index contributed by atoms with van der Waals surface area (Å²) in [6.07, 6.45) is 4.62. The highest BCUT2D eigenvalue weighted by Gasteiger charge is 2.13. The van der Waals surface area contributed by atoms with Crippen LogP contribution in [-0.2, 0) is 5.41 Å². The van der Waals surface area contributed by atoms with E-state index in [1.807, 2.05) is 6.07 Å². The molecule has 1 aromatic rings. The Morgan fingerprint density at radius 3 is 2.44 bits per heavy atom. The molecule has 0 spiro atoms. The van der Waals surface area contributed by atoms with Crippen molar-refractivity contribution in [2.24, 2.45) is 0 Å². The molecule has 18 heavy (non-hydrogen) atoms. The van der Waals surface area contributed by atoms with Gasteiger partial charge in [-0.3, -0.25) is 0 Å². The van der Waals surface area contributed by atoms with Gasteiger partial charge in [0.05, 0.1) is 6.61 Å². The SMILES string of the molecule is CC(C)(C)c1cccc(OCCCCCCCl)c1. The van der Waals surface area contributed by atoms with Gasteiger partial charge in [0.1, 0.15) is 5.75 Å². The molecule has 1 nitrogen and oxygen atoms in total. The molecule has 2 heteroatoms. The monoisotopic (exact) mass is 268 g/mol. The number of rotatable bonds is 7. The van der Waals surface area contributed by atoms with Gasteiger partial charge in [0.2, 0.25) is 0 Å². The third kappa shape index (κ3) is 5.77. The molecule has 0 heterocycles. The fourth-order valence-electron chi connectivity index (χ4n) is 1.79. The van der Waals surface area contributed by atoms with E-state index in [1.54, 1.807) is 0 Å². The Kier molecular flexibility index (Phi) is 6.56. The third-order valence-corrected chi connectivity index (χ3v) is 3.26. The van der Waals surface area contributed by atoms with E-state index in [0.717, 1.165) is 31.1 Å². The summed E-state index contributed by atoms with van der Waals surface area (Å²) in [6.45, 7) is 7.46. The summed E-state index contributed by atoms with van der Waals surface area (Å²) in [5.41, 5.74) is 1.50. The topological polar surface area (TPSA) is 9.23 Å². The first-order valence-corrected chi connectivity index (χ1v) is 7.37. The summed E-state index contributed by atoms with van der Waals surface area (Å²) >= 11 is 5.64. The Labute approximate surface area is 116 Å². The van der Waals surface area contributed by atoms with Gasteiger partial charge < -0.3 is 4.74 Å². The highest BCUT2D eigenvalue weighted by molar-refractivity contribution is 6.17. The minimum Gasteiger partial charge on any atom is -0.494 e. The van der Waals surface area contributed by atoms with E-state index in [9.17, 15) is 0 Å². The van der Waals surface area contributed by atoms with E-state index in [-0.39, 0.29) is 5.41 Å². The summed E-state index contributed by atoms with van der Waals surface area (Å²) < 4.78 is 5.79. The Bertz CT molecular complexity index is 341. The normalized spacial score (nSPS) is 11.6. The molecule has 102 valence electrons. The van der Waals surface area contributed by atoms with Crippen LogP contribution in [0.4, 0.5) is 0 Å². The van der Waals surface area contributed by atoms with Gasteiger partial charge in [-0.2, -0.15) is 0 Å². The molecule has 0 N–H and O–H groups in total. The van der Waals surface area contributed by atoms with Crippen LogP contribution < -0.4 is 4.74 Å². The maximum absolute atomic E-state index is 5.79. The quantitative estimate of drug-likeness (QED) is 0.490. The van der Waals surface area contributed by atoms with Crippen molar-refractivity contribution in [2.45, 2.75) is 51.9 Å². The summed E-state index contributed by atoms with van der Waals surface area (Å²) in [5.74, 6) is 1.76. The van der Waals surface area contributed by atoms with Crippen LogP contribution in [0.3, 0.4) is 0 Å². The molecule has 0 saturated carbocycles. The van der Waals surface area contributed by atoms with Crippen molar-refractivity contribution in [3.05, 3.63) is 29.8 Å². The van der Waals surface area contributed by atoms with Crippen molar-refractivity contribution in [2.75, 3.05) is 12.5 Å². The second kappa shape index (κ2) is 7.68. The van der Waals surface area contributed by atoms with Crippen LogP contribution >= 0.6 is 11.6 Å². The highest BCUT2D eigenvalue weighted by atomic mass is 35.5. The zero-order chi connectivity index (χ0) is 13.4. The van der Waals surface area contributed by atoms with Crippen molar-refractivity contribution >= 4 is 11.6 Å². The lowest BCUT2D eigenvalue weighted by atomic mass is 9.87. The largest absolute Gasteiger partial charge is 0.494 e. The first kappa shape index (κ1) is 15.4. The molecule has 0 fully saturated rings.